The number of carbonyl (C=O) groups is 2. The molecule has 0 heterocycles. The van der Waals surface area contributed by atoms with Gasteiger partial charge in [0.2, 0.25) is 5.78 Å². The van der Waals surface area contributed by atoms with Crippen molar-refractivity contribution >= 4 is 27.5 Å². The molecular weight excluding hydrogens is 332 g/mol. The molecule has 0 saturated heterocycles. The van der Waals surface area contributed by atoms with E-state index in [-0.39, 0.29) is 11.6 Å². The van der Waals surface area contributed by atoms with Gasteiger partial charge in [0.1, 0.15) is 5.75 Å². The topological polar surface area (TPSA) is 43.4 Å². The lowest BCUT2D eigenvalue weighted by atomic mass is 10.1. The van der Waals surface area contributed by atoms with E-state index >= 15 is 0 Å². The van der Waals surface area contributed by atoms with Crippen LogP contribution in [0.4, 0.5) is 0 Å². The van der Waals surface area contributed by atoms with Gasteiger partial charge < -0.3 is 4.74 Å². The first-order valence-corrected chi connectivity index (χ1v) is 7.34. The largest absolute Gasteiger partial charge is 0.483 e. The van der Waals surface area contributed by atoms with Crippen LogP contribution >= 0.6 is 15.9 Å². The zero-order valence-electron chi connectivity index (χ0n) is 11.8. The van der Waals surface area contributed by atoms with Crippen LogP contribution in [-0.2, 0) is 0 Å². The van der Waals surface area contributed by atoms with E-state index in [9.17, 15) is 9.59 Å². The molecule has 0 saturated carbocycles. The lowest BCUT2D eigenvalue weighted by Gasteiger charge is -2.14. The molecule has 0 spiro atoms. The number of carbonyl (C=O) groups excluding carboxylic acids is 2. The molecule has 0 aliphatic rings. The number of ether oxygens (including phenoxy) is 1. The molecule has 2 aromatic rings. The lowest BCUT2D eigenvalue weighted by molar-refractivity contribution is 0.0818. The zero-order chi connectivity index (χ0) is 15.4. The molecule has 108 valence electrons. The summed E-state index contributed by atoms with van der Waals surface area (Å²) in [5.41, 5.74) is 1.16. The van der Waals surface area contributed by atoms with Crippen LogP contribution in [0.3, 0.4) is 0 Å². The average Bonchev–Trinajstić information content (AvgIpc) is 2.47. The molecule has 0 amide bonds. The number of ketones is 2. The van der Waals surface area contributed by atoms with Crippen LogP contribution in [0.25, 0.3) is 0 Å². The first-order valence-electron chi connectivity index (χ1n) is 6.55. The standard InChI is InChI=1S/C17H15BrO3/c1-11(19)14-4-3-5-16(10-14)21-12(2)17(20)13-6-8-15(18)9-7-13/h3-10,12H,1-2H3. The minimum Gasteiger partial charge on any atom is -0.483 e. The number of Topliss-reactive ketones (excluding diaryl/α,β-unsaturated/α-hetero) is 2. The number of hydrogen-bond donors (Lipinski definition) is 0. The summed E-state index contributed by atoms with van der Waals surface area (Å²) in [4.78, 5) is 23.6. The third-order valence-corrected chi connectivity index (χ3v) is 3.58. The van der Waals surface area contributed by atoms with Crippen LogP contribution in [0.1, 0.15) is 34.6 Å². The summed E-state index contributed by atoms with van der Waals surface area (Å²) in [6.07, 6.45) is -0.617. The zero-order valence-corrected chi connectivity index (χ0v) is 13.4. The van der Waals surface area contributed by atoms with Crippen molar-refractivity contribution < 1.29 is 14.3 Å². The number of halogens is 1. The summed E-state index contributed by atoms with van der Waals surface area (Å²) in [6.45, 7) is 3.19. The minimum absolute atomic E-state index is 0.0349. The summed E-state index contributed by atoms with van der Waals surface area (Å²) in [5, 5.41) is 0. The Morgan fingerprint density at radius 3 is 2.33 bits per heavy atom. The molecule has 0 bridgehead atoms. The Labute approximate surface area is 132 Å². The highest BCUT2D eigenvalue weighted by molar-refractivity contribution is 9.10. The van der Waals surface area contributed by atoms with Crippen molar-refractivity contribution in [1.82, 2.24) is 0 Å². The molecular formula is C17H15BrO3. The average molecular weight is 347 g/mol. The molecule has 0 fully saturated rings. The van der Waals surface area contributed by atoms with Gasteiger partial charge in [-0.3, -0.25) is 9.59 Å². The Kier molecular flexibility index (Phi) is 4.91. The first kappa shape index (κ1) is 15.4. The van der Waals surface area contributed by atoms with Crippen molar-refractivity contribution in [3.8, 4) is 5.75 Å². The molecule has 0 N–H and O–H groups in total. The number of hydrogen-bond acceptors (Lipinski definition) is 3. The maximum Gasteiger partial charge on any atom is 0.202 e. The van der Waals surface area contributed by atoms with Crippen LogP contribution in [-0.4, -0.2) is 17.7 Å². The molecule has 21 heavy (non-hydrogen) atoms. The smallest absolute Gasteiger partial charge is 0.202 e. The van der Waals surface area contributed by atoms with Crippen molar-refractivity contribution in [2.75, 3.05) is 0 Å². The Bertz CT molecular complexity index is 662. The molecule has 0 aromatic heterocycles. The molecule has 1 unspecified atom stereocenters. The van der Waals surface area contributed by atoms with E-state index in [1.54, 1.807) is 43.3 Å². The summed E-state index contributed by atoms with van der Waals surface area (Å²) >= 11 is 3.33. The highest BCUT2D eigenvalue weighted by atomic mass is 79.9. The van der Waals surface area contributed by atoms with Crippen molar-refractivity contribution in [2.24, 2.45) is 0 Å². The predicted octanol–water partition coefficient (Wildman–Crippen LogP) is 4.30. The van der Waals surface area contributed by atoms with E-state index in [0.29, 0.717) is 16.9 Å². The van der Waals surface area contributed by atoms with Gasteiger partial charge >= 0.3 is 0 Å². The van der Waals surface area contributed by atoms with Gasteiger partial charge in [0.05, 0.1) is 0 Å². The van der Waals surface area contributed by atoms with Gasteiger partial charge in [0.15, 0.2) is 11.9 Å². The third kappa shape index (κ3) is 4.02. The van der Waals surface area contributed by atoms with E-state index < -0.39 is 6.10 Å². The predicted molar refractivity (Wildman–Crippen MR) is 85.0 cm³/mol. The van der Waals surface area contributed by atoms with Gasteiger partial charge in [0.25, 0.3) is 0 Å². The molecule has 1 atom stereocenters. The van der Waals surface area contributed by atoms with Gasteiger partial charge in [0, 0.05) is 15.6 Å². The molecule has 0 aliphatic heterocycles. The van der Waals surface area contributed by atoms with E-state index in [4.69, 9.17) is 4.74 Å². The Balaban J connectivity index is 2.12. The SMILES string of the molecule is CC(=O)c1cccc(OC(C)C(=O)c2ccc(Br)cc2)c1. The molecule has 0 radical (unpaired) electrons. The molecule has 2 aromatic carbocycles. The van der Waals surface area contributed by atoms with E-state index in [0.717, 1.165) is 4.47 Å². The fourth-order valence-electron chi connectivity index (χ4n) is 1.89. The quantitative estimate of drug-likeness (QED) is 0.758. The van der Waals surface area contributed by atoms with Crippen LogP contribution in [0.2, 0.25) is 0 Å². The van der Waals surface area contributed by atoms with Gasteiger partial charge in [-0.25, -0.2) is 0 Å². The highest BCUT2D eigenvalue weighted by Gasteiger charge is 2.17. The van der Waals surface area contributed by atoms with E-state index in [1.165, 1.54) is 6.92 Å². The maximum atomic E-state index is 12.3. The van der Waals surface area contributed by atoms with E-state index in [2.05, 4.69) is 15.9 Å². The fourth-order valence-corrected chi connectivity index (χ4v) is 2.16. The fraction of sp³-hybridized carbons (Fsp3) is 0.176. The van der Waals surface area contributed by atoms with Crippen LogP contribution in [0.5, 0.6) is 5.75 Å². The summed E-state index contributed by atoms with van der Waals surface area (Å²) in [6, 6.07) is 14.0. The third-order valence-electron chi connectivity index (χ3n) is 3.05. The first-order chi connectivity index (χ1) is 9.97. The Morgan fingerprint density at radius 1 is 1.05 bits per heavy atom. The highest BCUT2D eigenvalue weighted by Crippen LogP contribution is 2.18. The van der Waals surface area contributed by atoms with Crippen molar-refractivity contribution in [3.63, 3.8) is 0 Å². The van der Waals surface area contributed by atoms with Crippen LogP contribution in [0, 0.1) is 0 Å². The van der Waals surface area contributed by atoms with Gasteiger partial charge in [-0.05, 0) is 38.1 Å². The number of rotatable bonds is 5. The maximum absolute atomic E-state index is 12.3. The molecule has 2 rings (SSSR count). The van der Waals surface area contributed by atoms with Crippen molar-refractivity contribution in [1.29, 1.82) is 0 Å². The lowest BCUT2D eigenvalue weighted by Crippen LogP contribution is -2.23. The van der Waals surface area contributed by atoms with Gasteiger partial charge in [-0.1, -0.05) is 40.2 Å². The second-order valence-electron chi connectivity index (χ2n) is 4.72. The normalized spacial score (nSPS) is 11.8. The van der Waals surface area contributed by atoms with Crippen LogP contribution < -0.4 is 4.74 Å². The molecule has 4 heteroatoms. The number of benzene rings is 2. The summed E-state index contributed by atoms with van der Waals surface area (Å²) in [5.74, 6) is 0.378. The Morgan fingerprint density at radius 2 is 1.71 bits per heavy atom. The van der Waals surface area contributed by atoms with Crippen LogP contribution in [0.15, 0.2) is 53.0 Å². The summed E-state index contributed by atoms with van der Waals surface area (Å²) < 4.78 is 6.56. The van der Waals surface area contributed by atoms with Gasteiger partial charge in [-0.15, -0.1) is 0 Å². The van der Waals surface area contributed by atoms with Crippen molar-refractivity contribution in [2.45, 2.75) is 20.0 Å². The summed E-state index contributed by atoms with van der Waals surface area (Å²) in [7, 11) is 0. The molecule has 0 aliphatic carbocycles. The second kappa shape index (κ2) is 6.68. The van der Waals surface area contributed by atoms with Gasteiger partial charge in [-0.2, -0.15) is 0 Å². The monoisotopic (exact) mass is 346 g/mol. The van der Waals surface area contributed by atoms with Crippen molar-refractivity contribution in [3.05, 3.63) is 64.1 Å². The second-order valence-corrected chi connectivity index (χ2v) is 5.63. The van der Waals surface area contributed by atoms with E-state index in [1.807, 2.05) is 12.1 Å². The minimum atomic E-state index is -0.617. The Hall–Kier alpha value is -1.94. The molecule has 3 nitrogen and oxygen atoms in total.